The van der Waals surface area contributed by atoms with Gasteiger partial charge in [0.1, 0.15) is 12.1 Å². The molecule has 1 N–H and O–H groups in total. The lowest BCUT2D eigenvalue weighted by Crippen LogP contribution is -2.66. The minimum atomic E-state index is -5.14. The van der Waals surface area contributed by atoms with Crippen molar-refractivity contribution in [3.05, 3.63) is 0 Å². The van der Waals surface area contributed by atoms with Crippen molar-refractivity contribution in [3.63, 3.8) is 0 Å². The van der Waals surface area contributed by atoms with Crippen LogP contribution in [0.25, 0.3) is 0 Å². The summed E-state index contributed by atoms with van der Waals surface area (Å²) in [5.41, 5.74) is 0. The third-order valence-electron chi connectivity index (χ3n) is 3.28. The van der Waals surface area contributed by atoms with E-state index in [2.05, 4.69) is 9.50 Å². The van der Waals surface area contributed by atoms with Crippen molar-refractivity contribution in [1.29, 1.82) is 0 Å². The number of hydrogen-bond donors (Lipinski definition) is 1. The number of esters is 3. The summed E-state index contributed by atoms with van der Waals surface area (Å²) in [6.45, 7) is 3.25. The second-order valence-corrected chi connectivity index (χ2v) is 6.77. The highest BCUT2D eigenvalue weighted by atomic mass is 32.3. The van der Waals surface area contributed by atoms with E-state index in [1.54, 1.807) is 0 Å². The topological polar surface area (TPSA) is 184 Å². The molecule has 0 saturated carbocycles. The van der Waals surface area contributed by atoms with Crippen molar-refractivity contribution < 1.29 is 55.3 Å². The molecule has 1 rings (SSSR count). The fourth-order valence-corrected chi connectivity index (χ4v) is 2.81. The Labute approximate surface area is 160 Å². The second-order valence-electron chi connectivity index (χ2n) is 5.72. The van der Waals surface area contributed by atoms with Crippen molar-refractivity contribution in [2.24, 2.45) is 0 Å². The Morgan fingerprint density at radius 1 is 0.929 bits per heavy atom. The van der Waals surface area contributed by atoms with Crippen LogP contribution in [0, 0.1) is 0 Å². The van der Waals surface area contributed by atoms with E-state index in [-0.39, 0.29) is 0 Å². The monoisotopic (exact) mass is 426 g/mol. The molecule has 0 unspecified atom stereocenters. The number of hydrogen-bond acceptors (Lipinski definition) is 12. The molecule has 1 aliphatic heterocycles. The van der Waals surface area contributed by atoms with E-state index in [9.17, 15) is 32.1 Å². The molecule has 0 bridgehead atoms. The molecule has 0 aromatic carbocycles. The smallest absolute Gasteiger partial charge is 0.305 e. The zero-order chi connectivity index (χ0) is 21.6. The molecule has 1 aliphatic rings. The number of rotatable bonds is 7. The molecular formula is C14H20NO12S-. The lowest BCUT2D eigenvalue weighted by Gasteiger charge is -2.44. The van der Waals surface area contributed by atoms with Crippen LogP contribution in [0.1, 0.15) is 27.7 Å². The van der Waals surface area contributed by atoms with Crippen LogP contribution in [-0.2, 0) is 52.7 Å². The first-order valence-electron chi connectivity index (χ1n) is 7.84. The first kappa shape index (κ1) is 23.7. The van der Waals surface area contributed by atoms with Crippen LogP contribution in [0.4, 0.5) is 0 Å². The minimum absolute atomic E-state index is 0.624. The Hall–Kier alpha value is -2.29. The highest BCUT2D eigenvalue weighted by Crippen LogP contribution is 2.28. The maximum absolute atomic E-state index is 11.5. The first-order chi connectivity index (χ1) is 12.8. The van der Waals surface area contributed by atoms with Gasteiger partial charge in [-0.2, -0.15) is 0 Å². The second kappa shape index (κ2) is 9.77. The number of amides is 1. The van der Waals surface area contributed by atoms with E-state index < -0.39 is 71.5 Å². The molecule has 14 heteroatoms. The lowest BCUT2D eigenvalue weighted by atomic mass is 9.96. The van der Waals surface area contributed by atoms with Crippen LogP contribution in [0.3, 0.4) is 0 Å². The molecule has 0 spiro atoms. The number of nitrogens with one attached hydrogen (secondary N) is 1. The van der Waals surface area contributed by atoms with Gasteiger partial charge >= 0.3 is 17.9 Å². The maximum atomic E-state index is 11.5. The summed E-state index contributed by atoms with van der Waals surface area (Å²) < 4.78 is 56.9. The van der Waals surface area contributed by atoms with Crippen LogP contribution in [0.2, 0.25) is 0 Å². The SMILES string of the molecule is CC(=O)N[C@H]1[C@@H](OC(C)=O)O[C@H](COS(=O)(=O)[O-])[C@H](OC(C)=O)[C@@H]1OC(C)=O. The first-order valence-corrected chi connectivity index (χ1v) is 9.18. The van der Waals surface area contributed by atoms with Crippen LogP contribution >= 0.6 is 0 Å². The molecule has 0 radical (unpaired) electrons. The summed E-state index contributed by atoms with van der Waals surface area (Å²) in [6, 6.07) is -1.31. The Morgan fingerprint density at radius 2 is 1.43 bits per heavy atom. The fourth-order valence-electron chi connectivity index (χ4n) is 2.51. The van der Waals surface area contributed by atoms with Crippen molar-refractivity contribution in [1.82, 2.24) is 5.32 Å². The van der Waals surface area contributed by atoms with Crippen LogP contribution < -0.4 is 5.32 Å². The normalized spacial score (nSPS) is 27.4. The van der Waals surface area contributed by atoms with Gasteiger partial charge in [-0.1, -0.05) is 0 Å². The summed E-state index contributed by atoms with van der Waals surface area (Å²) in [5, 5.41) is 2.36. The molecule has 13 nitrogen and oxygen atoms in total. The fraction of sp³-hybridized carbons (Fsp3) is 0.714. The molecule has 0 aromatic rings. The van der Waals surface area contributed by atoms with Crippen LogP contribution in [0.15, 0.2) is 0 Å². The number of carbonyl (C=O) groups excluding carboxylic acids is 4. The van der Waals surface area contributed by atoms with E-state index in [0.29, 0.717) is 0 Å². The summed E-state index contributed by atoms with van der Waals surface area (Å²) in [6.07, 6.45) is -6.01. The zero-order valence-corrected chi connectivity index (χ0v) is 16.2. The van der Waals surface area contributed by atoms with Crippen molar-refractivity contribution in [2.45, 2.75) is 58.3 Å². The molecule has 28 heavy (non-hydrogen) atoms. The van der Waals surface area contributed by atoms with E-state index >= 15 is 0 Å². The quantitative estimate of drug-likeness (QED) is 0.207. The van der Waals surface area contributed by atoms with Crippen molar-refractivity contribution in [3.8, 4) is 0 Å². The maximum Gasteiger partial charge on any atom is 0.305 e. The number of ether oxygens (including phenoxy) is 4. The zero-order valence-electron chi connectivity index (χ0n) is 15.4. The van der Waals surface area contributed by atoms with Crippen molar-refractivity contribution >= 4 is 34.2 Å². The van der Waals surface area contributed by atoms with Gasteiger partial charge in [0.25, 0.3) is 0 Å². The van der Waals surface area contributed by atoms with E-state index in [0.717, 1.165) is 27.7 Å². The molecule has 1 amide bonds. The average molecular weight is 426 g/mol. The predicted octanol–water partition coefficient (Wildman–Crippen LogP) is -1.88. The van der Waals surface area contributed by atoms with Crippen LogP contribution in [0.5, 0.6) is 0 Å². The molecule has 1 fully saturated rings. The predicted molar refractivity (Wildman–Crippen MR) is 84.8 cm³/mol. The summed E-state index contributed by atoms with van der Waals surface area (Å²) in [7, 11) is -5.14. The van der Waals surface area contributed by atoms with Gasteiger partial charge in [-0.3, -0.25) is 23.4 Å². The van der Waals surface area contributed by atoms with Gasteiger partial charge in [0.15, 0.2) is 12.2 Å². The Kier molecular flexibility index (Phi) is 8.29. The highest BCUT2D eigenvalue weighted by Gasteiger charge is 2.52. The van der Waals surface area contributed by atoms with Gasteiger partial charge in [-0.05, 0) is 0 Å². The minimum Gasteiger partial charge on any atom is -0.726 e. The van der Waals surface area contributed by atoms with E-state index in [4.69, 9.17) is 18.9 Å². The summed E-state index contributed by atoms with van der Waals surface area (Å²) in [4.78, 5) is 45.9. The highest BCUT2D eigenvalue weighted by molar-refractivity contribution is 7.80. The molecule has 5 atom stereocenters. The van der Waals surface area contributed by atoms with E-state index in [1.807, 2.05) is 0 Å². The lowest BCUT2D eigenvalue weighted by molar-refractivity contribution is -0.268. The van der Waals surface area contributed by atoms with E-state index in [1.165, 1.54) is 0 Å². The molecule has 1 heterocycles. The largest absolute Gasteiger partial charge is 0.726 e. The van der Waals surface area contributed by atoms with Crippen molar-refractivity contribution in [2.75, 3.05) is 6.61 Å². The third kappa shape index (κ3) is 7.75. The summed E-state index contributed by atoms with van der Waals surface area (Å²) >= 11 is 0. The van der Waals surface area contributed by atoms with Gasteiger partial charge in [-0.15, -0.1) is 0 Å². The molecule has 0 aliphatic carbocycles. The van der Waals surface area contributed by atoms with Gasteiger partial charge in [0.2, 0.25) is 22.6 Å². The van der Waals surface area contributed by atoms with Gasteiger partial charge in [-0.25, -0.2) is 8.42 Å². The van der Waals surface area contributed by atoms with Gasteiger partial charge in [0.05, 0.1) is 6.61 Å². The summed E-state index contributed by atoms with van der Waals surface area (Å²) in [5.74, 6) is -3.18. The molecule has 0 aromatic heterocycles. The molecular weight excluding hydrogens is 406 g/mol. The standard InChI is InChI=1S/C14H21NO12S/c1-6(16)15-11-13(25-8(3)18)12(24-7(2)17)10(5-23-28(20,21)22)27-14(11)26-9(4)19/h10-14H,5H2,1-4H3,(H,15,16)(H,20,21,22)/p-1/t10-,11-,12+,13-,14+/m1/s1. The van der Waals surface area contributed by atoms with Gasteiger partial charge < -0.3 is 28.8 Å². The van der Waals surface area contributed by atoms with Crippen LogP contribution in [-0.4, -0.2) is 74.0 Å². The Balaban J connectivity index is 3.33. The molecule has 160 valence electrons. The Morgan fingerprint density at radius 3 is 1.86 bits per heavy atom. The average Bonchev–Trinajstić information content (AvgIpc) is 2.48. The number of carbonyl (C=O) groups is 4. The third-order valence-corrected chi connectivity index (χ3v) is 3.70. The molecule has 1 saturated heterocycles. The Bertz CT molecular complexity index is 720. The van der Waals surface area contributed by atoms with Gasteiger partial charge in [0, 0.05) is 27.7 Å².